The summed E-state index contributed by atoms with van der Waals surface area (Å²) in [5, 5.41) is 0.942. The second-order valence-electron chi connectivity index (χ2n) is 5.19. The van der Waals surface area contributed by atoms with E-state index in [1.807, 2.05) is 12.1 Å². The van der Waals surface area contributed by atoms with Crippen molar-refractivity contribution in [1.82, 2.24) is 4.98 Å². The zero-order valence-electron chi connectivity index (χ0n) is 11.7. The van der Waals surface area contributed by atoms with E-state index in [-0.39, 0.29) is 5.41 Å². The third-order valence-corrected chi connectivity index (χ3v) is 5.26. The molecule has 0 bridgehead atoms. The molecule has 2 aromatic rings. The molecule has 0 fully saturated rings. The average molecular weight is 330 g/mol. The zero-order valence-corrected chi connectivity index (χ0v) is 14.1. The minimum Gasteiger partial charge on any atom is -0.431 e. The summed E-state index contributed by atoms with van der Waals surface area (Å²) in [5.74, 6) is 1.11. The molecule has 0 saturated carbocycles. The highest BCUT2D eigenvalue weighted by Crippen LogP contribution is 2.34. The van der Waals surface area contributed by atoms with Crippen LogP contribution in [0.25, 0.3) is 0 Å². The van der Waals surface area contributed by atoms with E-state index in [9.17, 15) is 0 Å². The van der Waals surface area contributed by atoms with Crippen molar-refractivity contribution in [3.05, 3.63) is 39.9 Å². The molecule has 0 aliphatic rings. The maximum absolute atomic E-state index is 5.95. The third kappa shape index (κ3) is 3.46. The van der Waals surface area contributed by atoms with Gasteiger partial charge in [0, 0.05) is 0 Å². The summed E-state index contributed by atoms with van der Waals surface area (Å²) in [5.41, 5.74) is 1.47. The lowest BCUT2D eigenvalue weighted by atomic mass is 9.82. The summed E-state index contributed by atoms with van der Waals surface area (Å²) in [7, 11) is 0. The number of hydrogen-bond donors (Lipinski definition) is 0. The number of rotatable bonds is 5. The Bertz CT molecular complexity index is 578. The fourth-order valence-electron chi connectivity index (χ4n) is 1.72. The van der Waals surface area contributed by atoms with E-state index in [4.69, 9.17) is 27.9 Å². The minimum atomic E-state index is 0.175. The number of benzene rings is 1. The lowest BCUT2D eigenvalue weighted by Gasteiger charge is -2.23. The Morgan fingerprint density at radius 3 is 2.40 bits per heavy atom. The molecule has 2 rings (SSSR count). The van der Waals surface area contributed by atoms with Crippen molar-refractivity contribution in [2.45, 2.75) is 38.5 Å². The van der Waals surface area contributed by atoms with Gasteiger partial charge >= 0.3 is 0 Å². The molecule has 0 atom stereocenters. The van der Waals surface area contributed by atoms with Gasteiger partial charge in [0.25, 0.3) is 5.19 Å². The van der Waals surface area contributed by atoms with Crippen molar-refractivity contribution in [2.24, 2.45) is 0 Å². The Morgan fingerprint density at radius 2 is 1.90 bits per heavy atom. The van der Waals surface area contributed by atoms with Crippen molar-refractivity contribution in [2.75, 3.05) is 0 Å². The van der Waals surface area contributed by atoms with Crippen LogP contribution in [0.2, 0.25) is 5.15 Å². The Morgan fingerprint density at radius 1 is 1.25 bits per heavy atom. The molecule has 1 aromatic heterocycles. The Hall–Kier alpha value is -0.770. The van der Waals surface area contributed by atoms with Gasteiger partial charge in [0.05, 0.1) is 10.8 Å². The smallest absolute Gasteiger partial charge is 0.280 e. The first-order chi connectivity index (χ1) is 9.46. The van der Waals surface area contributed by atoms with Crippen LogP contribution in [0.15, 0.2) is 24.3 Å². The highest BCUT2D eigenvalue weighted by molar-refractivity contribution is 7.14. The van der Waals surface area contributed by atoms with Crippen molar-refractivity contribution in [3.63, 3.8) is 0 Å². The van der Waals surface area contributed by atoms with E-state index in [2.05, 4.69) is 37.9 Å². The third-order valence-electron chi connectivity index (χ3n) is 3.48. The molecule has 0 aliphatic carbocycles. The Labute approximate surface area is 133 Å². The van der Waals surface area contributed by atoms with E-state index in [0.29, 0.717) is 16.2 Å². The first-order valence-electron chi connectivity index (χ1n) is 6.46. The number of ether oxygens (including phenoxy) is 1. The van der Waals surface area contributed by atoms with Crippen LogP contribution in [-0.2, 0) is 11.3 Å². The highest BCUT2D eigenvalue weighted by Gasteiger charge is 2.18. The number of hydrogen-bond acceptors (Lipinski definition) is 3. The van der Waals surface area contributed by atoms with Crippen molar-refractivity contribution in [1.29, 1.82) is 0 Å². The van der Waals surface area contributed by atoms with E-state index in [0.717, 1.165) is 17.0 Å². The molecule has 1 heterocycles. The quantitative estimate of drug-likeness (QED) is 0.626. The maximum Gasteiger partial charge on any atom is 0.280 e. The van der Waals surface area contributed by atoms with Gasteiger partial charge in [0.1, 0.15) is 10.9 Å². The molecule has 0 N–H and O–H groups in total. The summed E-state index contributed by atoms with van der Waals surface area (Å²) in [6.45, 7) is 6.65. The molecular weight excluding hydrogens is 313 g/mol. The number of thiazole rings is 1. The van der Waals surface area contributed by atoms with Crippen molar-refractivity contribution < 1.29 is 4.74 Å². The van der Waals surface area contributed by atoms with Gasteiger partial charge < -0.3 is 4.74 Å². The van der Waals surface area contributed by atoms with E-state index in [1.54, 1.807) is 0 Å². The molecule has 5 heteroatoms. The van der Waals surface area contributed by atoms with Crippen molar-refractivity contribution >= 4 is 34.5 Å². The predicted molar refractivity (Wildman–Crippen MR) is 86.5 cm³/mol. The normalized spacial score (nSPS) is 11.7. The van der Waals surface area contributed by atoms with Crippen LogP contribution in [0.3, 0.4) is 0 Å². The van der Waals surface area contributed by atoms with Gasteiger partial charge in [0.15, 0.2) is 0 Å². The second-order valence-corrected chi connectivity index (χ2v) is 6.86. The molecule has 20 heavy (non-hydrogen) atoms. The fraction of sp³-hybridized carbons (Fsp3) is 0.400. The van der Waals surface area contributed by atoms with Gasteiger partial charge in [-0.15, -0.1) is 11.6 Å². The first kappa shape index (κ1) is 15.6. The molecule has 108 valence electrons. The van der Waals surface area contributed by atoms with Crippen LogP contribution in [-0.4, -0.2) is 4.98 Å². The van der Waals surface area contributed by atoms with Crippen LogP contribution in [0.5, 0.6) is 10.9 Å². The van der Waals surface area contributed by atoms with E-state index >= 15 is 0 Å². The van der Waals surface area contributed by atoms with Gasteiger partial charge in [-0.3, -0.25) is 0 Å². The summed E-state index contributed by atoms with van der Waals surface area (Å²) in [4.78, 5) is 4.97. The monoisotopic (exact) mass is 329 g/mol. The van der Waals surface area contributed by atoms with E-state index in [1.165, 1.54) is 16.9 Å². The number of aromatic nitrogens is 1. The van der Waals surface area contributed by atoms with Crippen molar-refractivity contribution in [3.8, 4) is 10.9 Å². The first-order valence-corrected chi connectivity index (χ1v) is 8.18. The van der Waals surface area contributed by atoms with Crippen LogP contribution < -0.4 is 4.74 Å². The van der Waals surface area contributed by atoms with Gasteiger partial charge in [0.2, 0.25) is 0 Å². The van der Waals surface area contributed by atoms with Gasteiger partial charge in [-0.05, 0) is 29.5 Å². The molecule has 0 amide bonds. The predicted octanol–water partition coefficient (Wildman–Crippen LogP) is 6.02. The van der Waals surface area contributed by atoms with Crippen LogP contribution in [0.4, 0.5) is 0 Å². The van der Waals surface area contributed by atoms with Gasteiger partial charge in [-0.1, -0.05) is 55.8 Å². The maximum atomic E-state index is 5.95. The topological polar surface area (TPSA) is 22.1 Å². The molecule has 0 saturated heterocycles. The summed E-state index contributed by atoms with van der Waals surface area (Å²) in [6.07, 6.45) is 1.09. The minimum absolute atomic E-state index is 0.175. The molecular formula is C15H17Cl2NOS. The number of alkyl halides is 1. The lowest BCUT2D eigenvalue weighted by molar-refractivity contribution is 0.475. The summed E-state index contributed by atoms with van der Waals surface area (Å²) >= 11 is 13.1. The van der Waals surface area contributed by atoms with Crippen LogP contribution >= 0.6 is 34.5 Å². The second kappa shape index (κ2) is 6.33. The SMILES string of the molecule is CCC(C)(C)c1ccc(Oc2nc(Cl)c(CCl)s2)cc1. The Kier molecular flexibility index (Phi) is 4.95. The standard InChI is InChI=1S/C15H17Cl2NOS/c1-4-15(2,3)10-5-7-11(8-6-10)19-14-18-13(17)12(9-16)20-14/h5-8H,4,9H2,1-3H3. The summed E-state index contributed by atoms with van der Waals surface area (Å²) < 4.78 is 5.71. The molecule has 0 radical (unpaired) electrons. The van der Waals surface area contributed by atoms with Gasteiger partial charge in [-0.2, -0.15) is 4.98 Å². The largest absolute Gasteiger partial charge is 0.431 e. The Balaban J connectivity index is 2.14. The zero-order chi connectivity index (χ0) is 14.8. The van der Waals surface area contributed by atoms with Crippen LogP contribution in [0, 0.1) is 0 Å². The number of halogens is 2. The molecule has 0 aliphatic heterocycles. The molecule has 1 aromatic carbocycles. The molecule has 2 nitrogen and oxygen atoms in total. The van der Waals surface area contributed by atoms with Crippen LogP contribution in [0.1, 0.15) is 37.6 Å². The number of nitrogens with zero attached hydrogens (tertiary/aromatic N) is 1. The van der Waals surface area contributed by atoms with Gasteiger partial charge in [-0.25, -0.2) is 0 Å². The average Bonchev–Trinajstić information content (AvgIpc) is 2.79. The molecule has 0 spiro atoms. The lowest BCUT2D eigenvalue weighted by Crippen LogP contribution is -2.14. The molecule has 0 unspecified atom stereocenters. The summed E-state index contributed by atoms with van der Waals surface area (Å²) in [6, 6.07) is 8.11. The fourth-order valence-corrected chi connectivity index (χ4v) is 3.06. The highest BCUT2D eigenvalue weighted by atomic mass is 35.5. The van der Waals surface area contributed by atoms with E-state index < -0.39 is 0 Å².